The van der Waals surface area contributed by atoms with Crippen molar-refractivity contribution in [2.45, 2.75) is 26.4 Å². The van der Waals surface area contributed by atoms with Gasteiger partial charge in [0, 0.05) is 18.0 Å². The molecule has 0 spiro atoms. The highest BCUT2D eigenvalue weighted by atomic mass is 32.1. The Balaban J connectivity index is 1.76. The van der Waals surface area contributed by atoms with Crippen molar-refractivity contribution >= 4 is 32.5 Å². The van der Waals surface area contributed by atoms with Crippen molar-refractivity contribution in [2.24, 2.45) is 0 Å². The minimum Gasteiger partial charge on any atom is -0.422 e. The van der Waals surface area contributed by atoms with Crippen LogP contribution in [0.5, 0.6) is 0 Å². The van der Waals surface area contributed by atoms with Crippen molar-refractivity contribution in [3.63, 3.8) is 0 Å². The van der Waals surface area contributed by atoms with Crippen LogP contribution in [0.1, 0.15) is 19.4 Å². The van der Waals surface area contributed by atoms with Gasteiger partial charge in [0.1, 0.15) is 10.6 Å². The molecular formula is C20H18N2O2S. The summed E-state index contributed by atoms with van der Waals surface area (Å²) in [7, 11) is 0. The molecule has 4 nitrogen and oxygen atoms in total. The summed E-state index contributed by atoms with van der Waals surface area (Å²) in [4.78, 5) is 17.0. The fourth-order valence-corrected chi connectivity index (χ4v) is 3.69. The van der Waals surface area contributed by atoms with E-state index >= 15 is 0 Å². The van der Waals surface area contributed by atoms with E-state index in [1.807, 2.05) is 42.5 Å². The first-order valence-electron chi connectivity index (χ1n) is 8.26. The number of nitrogens with zero attached hydrogens (tertiary/aromatic N) is 1. The number of benzene rings is 2. The molecule has 126 valence electrons. The lowest BCUT2D eigenvalue weighted by Crippen LogP contribution is -2.21. The van der Waals surface area contributed by atoms with E-state index in [1.54, 1.807) is 0 Å². The Morgan fingerprint density at radius 3 is 2.80 bits per heavy atom. The average molecular weight is 350 g/mol. The summed E-state index contributed by atoms with van der Waals surface area (Å²) in [6.45, 7) is 4.95. The molecule has 2 aromatic heterocycles. The zero-order valence-electron chi connectivity index (χ0n) is 14.1. The van der Waals surface area contributed by atoms with E-state index in [0.29, 0.717) is 22.2 Å². The Kier molecular flexibility index (Phi) is 4.11. The van der Waals surface area contributed by atoms with Crippen molar-refractivity contribution in [1.29, 1.82) is 0 Å². The Labute approximate surface area is 149 Å². The van der Waals surface area contributed by atoms with Crippen molar-refractivity contribution in [2.75, 3.05) is 0 Å². The van der Waals surface area contributed by atoms with E-state index in [-0.39, 0.29) is 5.63 Å². The molecule has 4 rings (SSSR count). The predicted molar refractivity (Wildman–Crippen MR) is 103 cm³/mol. The smallest absolute Gasteiger partial charge is 0.346 e. The fourth-order valence-electron chi connectivity index (χ4n) is 2.72. The first kappa shape index (κ1) is 16.0. The molecule has 25 heavy (non-hydrogen) atoms. The molecule has 0 unspecified atom stereocenters. The molecule has 0 saturated heterocycles. The summed E-state index contributed by atoms with van der Waals surface area (Å²) in [5.74, 6) is 0. The van der Waals surface area contributed by atoms with Crippen LogP contribution in [0.3, 0.4) is 0 Å². The minimum atomic E-state index is -0.347. The average Bonchev–Trinajstić information content (AvgIpc) is 3.03. The van der Waals surface area contributed by atoms with Crippen molar-refractivity contribution in [1.82, 2.24) is 10.3 Å². The van der Waals surface area contributed by atoms with Crippen molar-refractivity contribution in [3.05, 3.63) is 64.5 Å². The number of fused-ring (bicyclic) bond motifs is 2. The van der Waals surface area contributed by atoms with Gasteiger partial charge in [-0.15, -0.1) is 11.3 Å². The largest absolute Gasteiger partial charge is 0.422 e. The summed E-state index contributed by atoms with van der Waals surface area (Å²) in [6.07, 6.45) is 0. The van der Waals surface area contributed by atoms with Gasteiger partial charge in [-0.3, -0.25) is 0 Å². The first-order valence-corrected chi connectivity index (χ1v) is 9.08. The van der Waals surface area contributed by atoms with Gasteiger partial charge in [-0.2, -0.15) is 0 Å². The van der Waals surface area contributed by atoms with E-state index < -0.39 is 0 Å². The third-order valence-corrected chi connectivity index (χ3v) is 5.11. The zero-order chi connectivity index (χ0) is 17.4. The topological polar surface area (TPSA) is 55.1 Å². The number of para-hydroxylation sites is 1. The highest BCUT2D eigenvalue weighted by molar-refractivity contribution is 7.21. The zero-order valence-corrected chi connectivity index (χ0v) is 14.9. The summed E-state index contributed by atoms with van der Waals surface area (Å²) < 4.78 is 6.64. The standard InChI is InChI=1S/C20H18N2O2S/c1-12(2)21-11-13-7-8-14-10-15(20(23)24-17(14)9-13)19-22-16-5-3-4-6-18(16)25-19/h3-10,12,21H,11H2,1-2H3. The quantitative estimate of drug-likeness (QED) is 0.548. The molecule has 2 heterocycles. The first-order chi connectivity index (χ1) is 12.1. The van der Waals surface area contributed by atoms with Crippen molar-refractivity contribution < 1.29 is 4.42 Å². The molecule has 0 fully saturated rings. The maximum absolute atomic E-state index is 12.5. The van der Waals surface area contributed by atoms with Crippen LogP contribution in [-0.2, 0) is 6.54 Å². The number of thiazole rings is 1. The second-order valence-electron chi connectivity index (χ2n) is 6.34. The molecular weight excluding hydrogens is 332 g/mol. The highest BCUT2D eigenvalue weighted by Gasteiger charge is 2.13. The van der Waals surface area contributed by atoms with E-state index in [9.17, 15) is 4.79 Å². The van der Waals surface area contributed by atoms with Gasteiger partial charge in [-0.1, -0.05) is 38.1 Å². The van der Waals surface area contributed by atoms with E-state index in [4.69, 9.17) is 4.42 Å². The summed E-state index contributed by atoms with van der Waals surface area (Å²) in [5, 5.41) is 4.97. The molecule has 0 radical (unpaired) electrons. The van der Waals surface area contributed by atoms with Crippen LogP contribution >= 0.6 is 11.3 Å². The third kappa shape index (κ3) is 3.21. The van der Waals surface area contributed by atoms with Gasteiger partial charge in [0.15, 0.2) is 0 Å². The van der Waals surface area contributed by atoms with Crippen LogP contribution in [0, 0.1) is 0 Å². The van der Waals surface area contributed by atoms with Crippen LogP contribution < -0.4 is 10.9 Å². The van der Waals surface area contributed by atoms with Crippen LogP contribution in [0.25, 0.3) is 31.8 Å². The second-order valence-corrected chi connectivity index (χ2v) is 7.37. The van der Waals surface area contributed by atoms with Crippen LogP contribution in [0.4, 0.5) is 0 Å². The predicted octanol–water partition coefficient (Wildman–Crippen LogP) is 4.57. The van der Waals surface area contributed by atoms with E-state index in [0.717, 1.165) is 27.7 Å². The molecule has 0 amide bonds. The normalized spacial score (nSPS) is 11.6. The number of hydrogen-bond donors (Lipinski definition) is 1. The fraction of sp³-hybridized carbons (Fsp3) is 0.200. The molecule has 0 saturated carbocycles. The third-order valence-electron chi connectivity index (χ3n) is 4.04. The van der Waals surface area contributed by atoms with Gasteiger partial charge in [-0.05, 0) is 29.8 Å². The molecule has 0 aliphatic carbocycles. The summed E-state index contributed by atoms with van der Waals surface area (Å²) in [6, 6.07) is 16.1. The SMILES string of the molecule is CC(C)NCc1ccc2cc(-c3nc4ccccc4s3)c(=O)oc2c1. The summed E-state index contributed by atoms with van der Waals surface area (Å²) in [5.41, 5.74) is 2.77. The minimum absolute atomic E-state index is 0.347. The van der Waals surface area contributed by atoms with Crippen LogP contribution in [0.2, 0.25) is 0 Å². The van der Waals surface area contributed by atoms with Gasteiger partial charge >= 0.3 is 5.63 Å². The lowest BCUT2D eigenvalue weighted by molar-refractivity contribution is 0.560. The molecule has 0 atom stereocenters. The van der Waals surface area contributed by atoms with E-state index in [2.05, 4.69) is 30.2 Å². The number of nitrogens with one attached hydrogen (secondary N) is 1. The summed E-state index contributed by atoms with van der Waals surface area (Å²) >= 11 is 1.51. The lowest BCUT2D eigenvalue weighted by Gasteiger charge is -2.08. The van der Waals surface area contributed by atoms with E-state index in [1.165, 1.54) is 11.3 Å². The molecule has 5 heteroatoms. The second kappa shape index (κ2) is 6.43. The van der Waals surface area contributed by atoms with Gasteiger partial charge in [-0.25, -0.2) is 9.78 Å². The number of rotatable bonds is 4. The Morgan fingerprint density at radius 2 is 2.00 bits per heavy atom. The maximum Gasteiger partial charge on any atom is 0.346 e. The molecule has 1 N–H and O–H groups in total. The Morgan fingerprint density at radius 1 is 1.16 bits per heavy atom. The monoisotopic (exact) mass is 350 g/mol. The number of hydrogen-bond acceptors (Lipinski definition) is 5. The Hall–Kier alpha value is -2.50. The molecule has 0 aliphatic heterocycles. The highest BCUT2D eigenvalue weighted by Crippen LogP contribution is 2.29. The van der Waals surface area contributed by atoms with Gasteiger partial charge < -0.3 is 9.73 Å². The van der Waals surface area contributed by atoms with Gasteiger partial charge in [0.05, 0.1) is 15.8 Å². The molecule has 0 bridgehead atoms. The lowest BCUT2D eigenvalue weighted by atomic mass is 10.1. The van der Waals surface area contributed by atoms with Gasteiger partial charge in [0.25, 0.3) is 0 Å². The number of aromatic nitrogens is 1. The maximum atomic E-state index is 12.5. The van der Waals surface area contributed by atoms with Crippen molar-refractivity contribution in [3.8, 4) is 10.6 Å². The van der Waals surface area contributed by atoms with Gasteiger partial charge in [0.2, 0.25) is 0 Å². The Bertz CT molecular complexity index is 1080. The molecule has 2 aromatic carbocycles. The molecule has 0 aliphatic rings. The van der Waals surface area contributed by atoms with Crippen LogP contribution in [-0.4, -0.2) is 11.0 Å². The van der Waals surface area contributed by atoms with Crippen LogP contribution in [0.15, 0.2) is 57.7 Å². The molecule has 4 aromatic rings.